The summed E-state index contributed by atoms with van der Waals surface area (Å²) in [7, 11) is 0. The van der Waals surface area contributed by atoms with E-state index in [1.807, 2.05) is 42.6 Å². The van der Waals surface area contributed by atoms with Crippen LogP contribution in [0.3, 0.4) is 0 Å². The molecule has 0 spiro atoms. The van der Waals surface area contributed by atoms with E-state index in [1.165, 1.54) is 22.9 Å². The second-order valence-corrected chi connectivity index (χ2v) is 8.06. The number of thioether (sulfide) groups is 1. The predicted octanol–water partition coefficient (Wildman–Crippen LogP) is 4.72. The molecule has 0 aliphatic carbocycles. The Labute approximate surface area is 167 Å². The molecule has 0 N–H and O–H groups in total. The van der Waals surface area contributed by atoms with E-state index in [4.69, 9.17) is 4.42 Å². The van der Waals surface area contributed by atoms with Gasteiger partial charge in [-0.3, -0.25) is 4.79 Å². The maximum Gasteiger partial charge on any atom is 0.277 e. The largest absolute Gasteiger partial charge is 0.411 e. The van der Waals surface area contributed by atoms with E-state index in [1.54, 1.807) is 22.3 Å². The molecule has 1 aromatic carbocycles. The SMILES string of the molecule is C=CCN(Cc1cccs1)C(=O)CSc1nnc(-c2ccc(C)c(C)c2)o1. The van der Waals surface area contributed by atoms with Gasteiger partial charge in [0.2, 0.25) is 11.8 Å². The second kappa shape index (κ2) is 9.01. The van der Waals surface area contributed by atoms with E-state index in [9.17, 15) is 4.79 Å². The van der Waals surface area contributed by atoms with Crippen molar-refractivity contribution < 1.29 is 9.21 Å². The molecular weight excluding hydrogens is 378 g/mol. The summed E-state index contributed by atoms with van der Waals surface area (Å²) < 4.78 is 5.71. The van der Waals surface area contributed by atoms with Gasteiger partial charge in [0.15, 0.2) is 0 Å². The van der Waals surface area contributed by atoms with E-state index >= 15 is 0 Å². The van der Waals surface area contributed by atoms with Gasteiger partial charge in [-0.2, -0.15) is 0 Å². The number of aromatic nitrogens is 2. The summed E-state index contributed by atoms with van der Waals surface area (Å²) in [4.78, 5) is 15.5. The Morgan fingerprint density at radius 3 is 2.85 bits per heavy atom. The van der Waals surface area contributed by atoms with Gasteiger partial charge in [-0.05, 0) is 48.6 Å². The molecule has 0 saturated heterocycles. The number of hydrogen-bond acceptors (Lipinski definition) is 6. The summed E-state index contributed by atoms with van der Waals surface area (Å²) in [6.07, 6.45) is 1.74. The van der Waals surface area contributed by atoms with E-state index in [2.05, 4.69) is 23.7 Å². The molecule has 0 unspecified atom stereocenters. The third-order valence-corrected chi connectivity index (χ3v) is 5.77. The molecule has 0 fully saturated rings. The molecule has 7 heteroatoms. The minimum absolute atomic E-state index is 0.0132. The molecule has 0 aliphatic rings. The monoisotopic (exact) mass is 399 g/mol. The Hall–Kier alpha value is -2.38. The number of carbonyl (C=O) groups excluding carboxylic acids is 1. The number of amides is 1. The van der Waals surface area contributed by atoms with E-state index in [-0.39, 0.29) is 11.7 Å². The van der Waals surface area contributed by atoms with Crippen LogP contribution in [0.15, 0.2) is 58.0 Å². The third kappa shape index (κ3) is 5.08. The smallest absolute Gasteiger partial charge is 0.277 e. The average Bonchev–Trinajstić information content (AvgIpc) is 3.33. The van der Waals surface area contributed by atoms with Crippen molar-refractivity contribution in [2.24, 2.45) is 0 Å². The molecule has 2 heterocycles. The molecule has 3 rings (SSSR count). The van der Waals surface area contributed by atoms with Crippen molar-refractivity contribution >= 4 is 29.0 Å². The molecule has 0 saturated carbocycles. The van der Waals surface area contributed by atoms with Crippen molar-refractivity contribution in [2.75, 3.05) is 12.3 Å². The Kier molecular flexibility index (Phi) is 6.47. The Bertz CT molecular complexity index is 919. The number of aryl methyl sites for hydroxylation is 2. The lowest BCUT2D eigenvalue weighted by molar-refractivity contribution is -0.128. The van der Waals surface area contributed by atoms with Crippen LogP contribution in [0.4, 0.5) is 0 Å². The molecule has 27 heavy (non-hydrogen) atoms. The van der Waals surface area contributed by atoms with Crippen molar-refractivity contribution in [3.63, 3.8) is 0 Å². The van der Waals surface area contributed by atoms with Crippen molar-refractivity contribution in [1.82, 2.24) is 15.1 Å². The summed E-state index contributed by atoms with van der Waals surface area (Å²) >= 11 is 2.89. The van der Waals surface area contributed by atoms with Gasteiger partial charge >= 0.3 is 0 Å². The first-order chi connectivity index (χ1) is 13.1. The number of carbonyl (C=O) groups is 1. The molecule has 0 atom stereocenters. The van der Waals surface area contributed by atoms with Gasteiger partial charge in [-0.15, -0.1) is 28.1 Å². The van der Waals surface area contributed by atoms with Crippen LogP contribution in [0.25, 0.3) is 11.5 Å². The summed E-state index contributed by atoms with van der Waals surface area (Å²) in [5, 5.41) is 10.6. The molecule has 1 amide bonds. The average molecular weight is 400 g/mol. The highest BCUT2D eigenvalue weighted by Crippen LogP contribution is 2.25. The Morgan fingerprint density at radius 2 is 2.15 bits per heavy atom. The first-order valence-corrected chi connectivity index (χ1v) is 10.4. The number of nitrogens with zero attached hydrogens (tertiary/aromatic N) is 3. The predicted molar refractivity (Wildman–Crippen MR) is 110 cm³/mol. The van der Waals surface area contributed by atoms with Gasteiger partial charge < -0.3 is 9.32 Å². The van der Waals surface area contributed by atoms with Crippen LogP contribution in [0.2, 0.25) is 0 Å². The van der Waals surface area contributed by atoms with Crippen LogP contribution in [-0.4, -0.2) is 33.3 Å². The lowest BCUT2D eigenvalue weighted by atomic mass is 10.1. The highest BCUT2D eigenvalue weighted by molar-refractivity contribution is 7.99. The zero-order chi connectivity index (χ0) is 19.2. The highest BCUT2D eigenvalue weighted by atomic mass is 32.2. The molecule has 3 aromatic rings. The summed E-state index contributed by atoms with van der Waals surface area (Å²) in [5.74, 6) is 0.724. The second-order valence-electron chi connectivity index (χ2n) is 6.10. The zero-order valence-electron chi connectivity index (χ0n) is 15.3. The van der Waals surface area contributed by atoms with Crippen molar-refractivity contribution in [1.29, 1.82) is 0 Å². The van der Waals surface area contributed by atoms with Crippen molar-refractivity contribution in [3.8, 4) is 11.5 Å². The maximum atomic E-state index is 12.6. The minimum Gasteiger partial charge on any atom is -0.411 e. The summed E-state index contributed by atoms with van der Waals surface area (Å²) in [6, 6.07) is 10.0. The van der Waals surface area contributed by atoms with Gasteiger partial charge in [0.25, 0.3) is 5.22 Å². The van der Waals surface area contributed by atoms with E-state index in [0.717, 1.165) is 10.4 Å². The Morgan fingerprint density at radius 1 is 1.30 bits per heavy atom. The third-order valence-electron chi connectivity index (χ3n) is 4.11. The van der Waals surface area contributed by atoms with Crippen LogP contribution in [0, 0.1) is 13.8 Å². The van der Waals surface area contributed by atoms with Crippen molar-refractivity contribution in [2.45, 2.75) is 25.6 Å². The minimum atomic E-state index is 0.0132. The number of thiophene rings is 1. The van der Waals surface area contributed by atoms with Gasteiger partial charge in [0.1, 0.15) is 0 Å². The van der Waals surface area contributed by atoms with E-state index < -0.39 is 0 Å². The van der Waals surface area contributed by atoms with Gasteiger partial charge in [-0.25, -0.2) is 0 Å². The number of hydrogen-bond donors (Lipinski definition) is 0. The lowest BCUT2D eigenvalue weighted by Crippen LogP contribution is -2.31. The maximum absolute atomic E-state index is 12.6. The van der Waals surface area contributed by atoms with Crippen LogP contribution >= 0.6 is 23.1 Å². The zero-order valence-corrected chi connectivity index (χ0v) is 17.0. The Balaban J connectivity index is 1.61. The quantitative estimate of drug-likeness (QED) is 0.405. The molecule has 5 nitrogen and oxygen atoms in total. The highest BCUT2D eigenvalue weighted by Gasteiger charge is 2.16. The summed E-state index contributed by atoms with van der Waals surface area (Å²) in [6.45, 7) is 8.94. The van der Waals surface area contributed by atoms with Crippen LogP contribution in [0.1, 0.15) is 16.0 Å². The van der Waals surface area contributed by atoms with Crippen molar-refractivity contribution in [3.05, 3.63) is 64.4 Å². The molecule has 0 bridgehead atoms. The van der Waals surface area contributed by atoms with Gasteiger partial charge in [0.05, 0.1) is 12.3 Å². The number of benzene rings is 1. The lowest BCUT2D eigenvalue weighted by Gasteiger charge is -2.19. The first kappa shape index (κ1) is 19.4. The van der Waals surface area contributed by atoms with Crippen LogP contribution < -0.4 is 0 Å². The molecule has 140 valence electrons. The van der Waals surface area contributed by atoms with Gasteiger partial charge in [-0.1, -0.05) is 30.0 Å². The fraction of sp³-hybridized carbons (Fsp3) is 0.250. The summed E-state index contributed by atoms with van der Waals surface area (Å²) in [5.41, 5.74) is 3.27. The first-order valence-electron chi connectivity index (χ1n) is 8.52. The topological polar surface area (TPSA) is 59.2 Å². The molecule has 2 aromatic heterocycles. The number of rotatable bonds is 8. The van der Waals surface area contributed by atoms with E-state index in [0.29, 0.717) is 24.2 Å². The fourth-order valence-electron chi connectivity index (χ4n) is 2.48. The molecular formula is C20H21N3O2S2. The normalized spacial score (nSPS) is 10.7. The molecule has 0 aliphatic heterocycles. The van der Waals surface area contributed by atoms with Crippen LogP contribution in [0.5, 0.6) is 0 Å². The van der Waals surface area contributed by atoms with Crippen LogP contribution in [-0.2, 0) is 11.3 Å². The standard InChI is InChI=1S/C20H21N3O2S2/c1-4-9-23(12-17-6-5-10-26-17)18(24)13-27-20-22-21-19(25-20)16-8-7-14(2)15(3)11-16/h4-8,10-11H,1,9,12-13H2,2-3H3. The fourth-order valence-corrected chi connectivity index (χ4v) is 3.86. The van der Waals surface area contributed by atoms with Gasteiger partial charge in [0, 0.05) is 17.0 Å². The molecule has 0 radical (unpaired) electrons.